The number of hydrogen-bond acceptors (Lipinski definition) is 2. The Kier molecular flexibility index (Phi) is 5.25. The van der Waals surface area contributed by atoms with Gasteiger partial charge >= 0.3 is 0 Å². The van der Waals surface area contributed by atoms with E-state index in [4.69, 9.17) is 0 Å². The predicted molar refractivity (Wildman–Crippen MR) is 80.7 cm³/mol. The smallest absolute Gasteiger partial charge is 0.224 e. The van der Waals surface area contributed by atoms with Gasteiger partial charge in [0.25, 0.3) is 0 Å². The highest BCUT2D eigenvalue weighted by atomic mass is 16.1. The standard InChI is InChI=1S/C16H24N2O/c1-2-3-4-11-16(19)17-14-9-5-6-10-15(14)18-12-7-8-13-18/h5-6,9-10H,2-4,7-8,11-13H2,1H3,(H,17,19). The van der Waals surface area contributed by atoms with Gasteiger partial charge in [-0.1, -0.05) is 31.9 Å². The molecule has 0 bridgehead atoms. The van der Waals surface area contributed by atoms with E-state index in [0.717, 1.165) is 38.0 Å². The first kappa shape index (κ1) is 13.9. The van der Waals surface area contributed by atoms with Crippen LogP contribution in [0.5, 0.6) is 0 Å². The van der Waals surface area contributed by atoms with Gasteiger partial charge in [0.1, 0.15) is 0 Å². The van der Waals surface area contributed by atoms with Crippen LogP contribution < -0.4 is 10.2 Å². The van der Waals surface area contributed by atoms with Gasteiger partial charge in [-0.25, -0.2) is 0 Å². The lowest BCUT2D eigenvalue weighted by Gasteiger charge is -2.21. The Hall–Kier alpha value is -1.51. The van der Waals surface area contributed by atoms with E-state index in [1.807, 2.05) is 18.2 Å². The zero-order valence-electron chi connectivity index (χ0n) is 11.8. The summed E-state index contributed by atoms with van der Waals surface area (Å²) in [4.78, 5) is 14.3. The number of anilines is 2. The number of para-hydroxylation sites is 2. The molecular weight excluding hydrogens is 236 g/mol. The Labute approximate surface area is 116 Å². The van der Waals surface area contributed by atoms with Crippen molar-refractivity contribution in [2.24, 2.45) is 0 Å². The molecule has 0 unspecified atom stereocenters. The van der Waals surface area contributed by atoms with Crippen molar-refractivity contribution in [1.29, 1.82) is 0 Å². The molecule has 1 saturated heterocycles. The van der Waals surface area contributed by atoms with Gasteiger partial charge in [0.2, 0.25) is 5.91 Å². The van der Waals surface area contributed by atoms with Crippen LogP contribution in [0.4, 0.5) is 11.4 Å². The van der Waals surface area contributed by atoms with Crippen LogP contribution in [0.15, 0.2) is 24.3 Å². The molecule has 0 spiro atoms. The molecule has 1 fully saturated rings. The number of carbonyl (C=O) groups excluding carboxylic acids is 1. The summed E-state index contributed by atoms with van der Waals surface area (Å²) < 4.78 is 0. The van der Waals surface area contributed by atoms with E-state index < -0.39 is 0 Å². The monoisotopic (exact) mass is 260 g/mol. The van der Waals surface area contributed by atoms with Gasteiger partial charge < -0.3 is 10.2 Å². The number of nitrogens with zero attached hydrogens (tertiary/aromatic N) is 1. The Balaban J connectivity index is 1.97. The summed E-state index contributed by atoms with van der Waals surface area (Å²) in [5.41, 5.74) is 2.13. The first-order valence-corrected chi connectivity index (χ1v) is 7.45. The third-order valence-electron chi connectivity index (χ3n) is 3.63. The predicted octanol–water partition coefficient (Wildman–Crippen LogP) is 3.81. The second kappa shape index (κ2) is 7.17. The molecule has 3 nitrogen and oxygen atoms in total. The maximum Gasteiger partial charge on any atom is 0.224 e. The summed E-state index contributed by atoms with van der Waals surface area (Å²) in [6, 6.07) is 8.14. The highest BCUT2D eigenvalue weighted by Gasteiger charge is 2.16. The Morgan fingerprint density at radius 3 is 2.68 bits per heavy atom. The van der Waals surface area contributed by atoms with Crippen LogP contribution in [0.25, 0.3) is 0 Å². The average molecular weight is 260 g/mol. The SMILES string of the molecule is CCCCCC(=O)Nc1ccccc1N1CCCC1. The van der Waals surface area contributed by atoms with E-state index in [1.54, 1.807) is 0 Å². The second-order valence-corrected chi connectivity index (χ2v) is 5.22. The number of benzene rings is 1. The van der Waals surface area contributed by atoms with Crippen molar-refractivity contribution in [3.8, 4) is 0 Å². The van der Waals surface area contributed by atoms with Crippen LogP contribution in [0.2, 0.25) is 0 Å². The lowest BCUT2D eigenvalue weighted by Crippen LogP contribution is -2.21. The number of amides is 1. The van der Waals surface area contributed by atoms with Crippen molar-refractivity contribution in [2.75, 3.05) is 23.3 Å². The van der Waals surface area contributed by atoms with Crippen LogP contribution in [0.1, 0.15) is 45.4 Å². The van der Waals surface area contributed by atoms with Crippen LogP contribution >= 0.6 is 0 Å². The molecule has 1 aromatic rings. The van der Waals surface area contributed by atoms with Crippen LogP contribution in [-0.4, -0.2) is 19.0 Å². The molecule has 0 radical (unpaired) electrons. The van der Waals surface area contributed by atoms with Gasteiger partial charge in [-0.3, -0.25) is 4.79 Å². The van der Waals surface area contributed by atoms with E-state index in [0.29, 0.717) is 6.42 Å². The number of unbranched alkanes of at least 4 members (excludes halogenated alkanes) is 2. The average Bonchev–Trinajstić information content (AvgIpc) is 2.93. The molecule has 19 heavy (non-hydrogen) atoms. The third kappa shape index (κ3) is 3.98. The van der Waals surface area contributed by atoms with Crippen molar-refractivity contribution in [3.63, 3.8) is 0 Å². The summed E-state index contributed by atoms with van der Waals surface area (Å²) in [5, 5.41) is 3.07. The molecule has 104 valence electrons. The Morgan fingerprint density at radius 1 is 1.21 bits per heavy atom. The molecular formula is C16H24N2O. The molecule has 0 saturated carbocycles. The minimum absolute atomic E-state index is 0.139. The number of nitrogens with one attached hydrogen (secondary N) is 1. The molecule has 1 aliphatic heterocycles. The molecule has 0 atom stereocenters. The normalized spacial score (nSPS) is 14.7. The first-order chi connectivity index (χ1) is 9.31. The minimum Gasteiger partial charge on any atom is -0.370 e. The maximum absolute atomic E-state index is 11.9. The quantitative estimate of drug-likeness (QED) is 0.789. The number of carbonyl (C=O) groups is 1. The molecule has 0 aromatic heterocycles. The third-order valence-corrected chi connectivity index (χ3v) is 3.63. The van der Waals surface area contributed by atoms with Crippen molar-refractivity contribution < 1.29 is 4.79 Å². The zero-order valence-corrected chi connectivity index (χ0v) is 11.8. The number of hydrogen-bond donors (Lipinski definition) is 1. The molecule has 1 amide bonds. The summed E-state index contributed by atoms with van der Waals surface area (Å²) >= 11 is 0. The highest BCUT2D eigenvalue weighted by Crippen LogP contribution is 2.28. The fourth-order valence-corrected chi connectivity index (χ4v) is 2.56. The van der Waals surface area contributed by atoms with Gasteiger partial charge in [0, 0.05) is 19.5 Å². The maximum atomic E-state index is 11.9. The fourth-order valence-electron chi connectivity index (χ4n) is 2.56. The highest BCUT2D eigenvalue weighted by molar-refractivity contribution is 5.94. The van der Waals surface area contributed by atoms with Crippen molar-refractivity contribution >= 4 is 17.3 Å². The fraction of sp³-hybridized carbons (Fsp3) is 0.562. The van der Waals surface area contributed by atoms with Crippen molar-refractivity contribution in [2.45, 2.75) is 45.4 Å². The number of rotatable bonds is 6. The molecule has 2 rings (SSSR count). The van der Waals surface area contributed by atoms with E-state index >= 15 is 0 Å². The topological polar surface area (TPSA) is 32.3 Å². The van der Waals surface area contributed by atoms with Crippen LogP contribution in [-0.2, 0) is 4.79 Å². The van der Waals surface area contributed by atoms with Gasteiger partial charge in [0.05, 0.1) is 11.4 Å². The van der Waals surface area contributed by atoms with Crippen LogP contribution in [0, 0.1) is 0 Å². The van der Waals surface area contributed by atoms with E-state index in [9.17, 15) is 4.79 Å². The lowest BCUT2D eigenvalue weighted by molar-refractivity contribution is -0.116. The zero-order chi connectivity index (χ0) is 13.5. The Bertz CT molecular complexity index is 411. The molecule has 1 N–H and O–H groups in total. The lowest BCUT2D eigenvalue weighted by atomic mass is 10.2. The van der Waals surface area contributed by atoms with Gasteiger partial charge in [0.15, 0.2) is 0 Å². The molecule has 3 heteroatoms. The summed E-state index contributed by atoms with van der Waals surface area (Å²) in [7, 11) is 0. The van der Waals surface area contributed by atoms with E-state index in [1.165, 1.54) is 18.5 Å². The van der Waals surface area contributed by atoms with Crippen molar-refractivity contribution in [3.05, 3.63) is 24.3 Å². The molecule has 1 heterocycles. The van der Waals surface area contributed by atoms with Gasteiger partial charge in [-0.15, -0.1) is 0 Å². The molecule has 1 aromatic carbocycles. The summed E-state index contributed by atoms with van der Waals surface area (Å²) in [6.45, 7) is 4.35. The minimum atomic E-state index is 0.139. The second-order valence-electron chi connectivity index (χ2n) is 5.22. The molecule has 0 aliphatic carbocycles. The largest absolute Gasteiger partial charge is 0.370 e. The summed E-state index contributed by atoms with van der Waals surface area (Å²) in [5.74, 6) is 0.139. The van der Waals surface area contributed by atoms with Gasteiger partial charge in [-0.2, -0.15) is 0 Å². The van der Waals surface area contributed by atoms with E-state index in [2.05, 4.69) is 23.2 Å². The Morgan fingerprint density at radius 2 is 1.95 bits per heavy atom. The summed E-state index contributed by atoms with van der Waals surface area (Å²) in [6.07, 6.45) is 6.38. The molecule has 1 aliphatic rings. The van der Waals surface area contributed by atoms with Crippen molar-refractivity contribution in [1.82, 2.24) is 0 Å². The first-order valence-electron chi connectivity index (χ1n) is 7.45. The van der Waals surface area contributed by atoms with E-state index in [-0.39, 0.29) is 5.91 Å². The van der Waals surface area contributed by atoms with Crippen LogP contribution in [0.3, 0.4) is 0 Å². The van der Waals surface area contributed by atoms with Gasteiger partial charge in [-0.05, 0) is 31.4 Å².